The number of carbonyl (C=O) groups excluding carboxylic acids is 1. The van der Waals surface area contributed by atoms with E-state index in [-0.39, 0.29) is 16.6 Å². The largest absolute Gasteiger partial charge is 0.372 e. The Bertz CT molecular complexity index is 573. The number of amides is 1. The molecule has 0 spiro atoms. The van der Waals surface area contributed by atoms with Crippen molar-refractivity contribution in [2.24, 2.45) is 0 Å². The monoisotopic (exact) mass is 284 g/mol. The van der Waals surface area contributed by atoms with Crippen LogP contribution in [-0.4, -0.2) is 38.9 Å². The first kappa shape index (κ1) is 13.8. The van der Waals surface area contributed by atoms with Crippen LogP contribution in [0.4, 0.5) is 5.82 Å². The van der Waals surface area contributed by atoms with Crippen molar-refractivity contribution < 1.29 is 13.2 Å². The summed E-state index contributed by atoms with van der Waals surface area (Å²) in [4.78, 5) is 15.6. The second kappa shape index (κ2) is 5.54. The number of pyridine rings is 1. The van der Waals surface area contributed by atoms with Crippen molar-refractivity contribution in [3.05, 3.63) is 18.3 Å². The highest BCUT2D eigenvalue weighted by atomic mass is 32.2. The van der Waals surface area contributed by atoms with E-state index in [9.17, 15) is 13.2 Å². The van der Waals surface area contributed by atoms with Crippen LogP contribution >= 0.6 is 0 Å². The van der Waals surface area contributed by atoms with Crippen LogP contribution in [0.2, 0.25) is 0 Å². The molecule has 1 unspecified atom stereocenters. The third-order valence-corrected chi connectivity index (χ3v) is 4.38. The van der Waals surface area contributed by atoms with Crippen molar-refractivity contribution in [1.29, 1.82) is 0 Å². The summed E-state index contributed by atoms with van der Waals surface area (Å²) in [5.74, 6) is -0.0315. The third-order valence-electron chi connectivity index (χ3n) is 2.88. The van der Waals surface area contributed by atoms with Crippen LogP contribution in [0.5, 0.6) is 0 Å². The number of anilines is 1. The molecule has 1 aromatic rings. The predicted octanol–water partition coefficient (Wildman–Crippen LogP) is -0.320. The second-order valence-corrected chi connectivity index (χ2v) is 5.89. The zero-order valence-corrected chi connectivity index (χ0v) is 11.3. The number of rotatable bonds is 4. The number of carbonyl (C=O) groups is 1. The Kier molecular flexibility index (Phi) is 4.01. The zero-order valence-electron chi connectivity index (χ0n) is 10.5. The summed E-state index contributed by atoms with van der Waals surface area (Å²) in [6.45, 7) is 0.589. The summed E-state index contributed by atoms with van der Waals surface area (Å²) in [5, 5.41) is 5.36. The van der Waals surface area contributed by atoms with Gasteiger partial charge in [-0.3, -0.25) is 4.79 Å². The van der Waals surface area contributed by atoms with Crippen molar-refractivity contribution in [3.63, 3.8) is 0 Å². The van der Waals surface area contributed by atoms with Crippen LogP contribution in [0.3, 0.4) is 0 Å². The van der Waals surface area contributed by atoms with Crippen molar-refractivity contribution in [1.82, 2.24) is 15.0 Å². The summed E-state index contributed by atoms with van der Waals surface area (Å²) < 4.78 is 26.9. The van der Waals surface area contributed by atoms with Crippen LogP contribution in [0, 0.1) is 0 Å². The summed E-state index contributed by atoms with van der Waals surface area (Å²) >= 11 is 0. The molecule has 104 valence electrons. The highest BCUT2D eigenvalue weighted by Gasteiger charge is 2.29. The number of hydrogen-bond acceptors (Lipinski definition) is 5. The van der Waals surface area contributed by atoms with Gasteiger partial charge in [-0.25, -0.2) is 13.4 Å². The lowest BCUT2D eigenvalue weighted by molar-refractivity contribution is -0.124. The van der Waals surface area contributed by atoms with Gasteiger partial charge in [0.1, 0.15) is 16.8 Å². The number of nitrogens with zero attached hydrogens (tertiary/aromatic N) is 1. The fraction of sp³-hybridized carbons (Fsp3) is 0.455. The smallest absolute Gasteiger partial charge is 0.244 e. The molecule has 1 saturated heterocycles. The maximum Gasteiger partial charge on any atom is 0.244 e. The molecular formula is C11H16N4O3S. The highest BCUT2D eigenvalue weighted by Crippen LogP contribution is 2.18. The minimum Gasteiger partial charge on any atom is -0.372 e. The average Bonchev–Trinajstić information content (AvgIpc) is 2.41. The molecule has 0 aliphatic carbocycles. The van der Waals surface area contributed by atoms with E-state index in [4.69, 9.17) is 0 Å². The topological polar surface area (TPSA) is 100 Å². The van der Waals surface area contributed by atoms with Crippen molar-refractivity contribution >= 4 is 21.7 Å². The molecule has 1 amide bonds. The van der Waals surface area contributed by atoms with Gasteiger partial charge in [0.05, 0.1) is 0 Å². The van der Waals surface area contributed by atoms with Gasteiger partial charge in [-0.2, -0.15) is 4.72 Å². The molecular weight excluding hydrogens is 268 g/mol. The van der Waals surface area contributed by atoms with Gasteiger partial charge in [0.2, 0.25) is 15.9 Å². The molecule has 0 saturated carbocycles. The second-order valence-electron chi connectivity index (χ2n) is 4.21. The molecule has 1 aromatic heterocycles. The lowest BCUT2D eigenvalue weighted by Crippen LogP contribution is -2.50. The summed E-state index contributed by atoms with van der Waals surface area (Å²) in [7, 11) is -2.18. The Hall–Kier alpha value is -1.67. The van der Waals surface area contributed by atoms with Gasteiger partial charge >= 0.3 is 0 Å². The Morgan fingerprint density at radius 2 is 2.26 bits per heavy atom. The van der Waals surface area contributed by atoms with Crippen LogP contribution in [0.15, 0.2) is 23.2 Å². The van der Waals surface area contributed by atoms with Gasteiger partial charge in [-0.1, -0.05) is 0 Å². The molecule has 1 fully saturated rings. The maximum absolute atomic E-state index is 12.3. The van der Waals surface area contributed by atoms with Gasteiger partial charge in [-0.15, -0.1) is 0 Å². The predicted molar refractivity (Wildman–Crippen MR) is 70.1 cm³/mol. The molecule has 2 rings (SSSR count). The number of sulfonamides is 1. The van der Waals surface area contributed by atoms with Gasteiger partial charge < -0.3 is 10.6 Å². The Morgan fingerprint density at radius 1 is 1.47 bits per heavy atom. The van der Waals surface area contributed by atoms with Gasteiger partial charge in [0.25, 0.3) is 0 Å². The molecule has 2 heterocycles. The van der Waals surface area contributed by atoms with Crippen LogP contribution in [0.25, 0.3) is 0 Å². The SMILES string of the molecule is CNc1ncccc1S(=O)(=O)NC1CCCNC1=O. The fourth-order valence-corrected chi connectivity index (χ4v) is 3.32. The molecule has 8 heteroatoms. The lowest BCUT2D eigenvalue weighted by Gasteiger charge is -2.23. The van der Waals surface area contributed by atoms with E-state index < -0.39 is 16.1 Å². The molecule has 3 N–H and O–H groups in total. The Balaban J connectivity index is 2.24. The van der Waals surface area contributed by atoms with E-state index in [1.54, 1.807) is 7.05 Å². The highest BCUT2D eigenvalue weighted by molar-refractivity contribution is 7.89. The molecule has 0 radical (unpaired) electrons. The van der Waals surface area contributed by atoms with E-state index in [1.165, 1.54) is 18.3 Å². The molecule has 1 aliphatic heterocycles. The lowest BCUT2D eigenvalue weighted by atomic mass is 10.1. The number of piperidine rings is 1. The van der Waals surface area contributed by atoms with E-state index in [2.05, 4.69) is 20.3 Å². The summed E-state index contributed by atoms with van der Waals surface area (Å²) in [6, 6.07) is 2.27. The standard InChI is InChI=1S/C11H16N4O3S/c1-12-10-9(5-3-6-13-10)19(17,18)15-8-4-2-7-14-11(8)16/h3,5-6,8,15H,2,4,7H2,1H3,(H,12,13)(H,14,16). The fourth-order valence-electron chi connectivity index (χ4n) is 1.93. The first-order valence-corrected chi connectivity index (χ1v) is 7.46. The Morgan fingerprint density at radius 3 is 2.95 bits per heavy atom. The molecule has 1 aliphatic rings. The maximum atomic E-state index is 12.3. The van der Waals surface area contributed by atoms with Gasteiger partial charge in [0, 0.05) is 19.8 Å². The van der Waals surface area contributed by atoms with Crippen molar-refractivity contribution in [3.8, 4) is 0 Å². The first-order chi connectivity index (χ1) is 9.04. The number of aromatic nitrogens is 1. The minimum atomic E-state index is -3.77. The summed E-state index contributed by atoms with van der Waals surface area (Å²) in [6.07, 6.45) is 2.75. The average molecular weight is 284 g/mol. The van der Waals surface area contributed by atoms with Gasteiger partial charge in [0.15, 0.2) is 0 Å². The Labute approximate surface area is 111 Å². The zero-order chi connectivity index (χ0) is 13.9. The molecule has 0 aromatic carbocycles. The van der Waals surface area contributed by atoms with Crippen molar-refractivity contribution in [2.45, 2.75) is 23.8 Å². The molecule has 19 heavy (non-hydrogen) atoms. The molecule has 0 bridgehead atoms. The van der Waals surface area contributed by atoms with Crippen LogP contribution < -0.4 is 15.4 Å². The van der Waals surface area contributed by atoms with Crippen molar-refractivity contribution in [2.75, 3.05) is 18.9 Å². The third kappa shape index (κ3) is 3.02. The minimum absolute atomic E-state index is 0.0378. The summed E-state index contributed by atoms with van der Waals surface area (Å²) in [5.41, 5.74) is 0. The first-order valence-electron chi connectivity index (χ1n) is 5.97. The number of hydrogen-bond donors (Lipinski definition) is 3. The quantitative estimate of drug-likeness (QED) is 0.703. The van der Waals surface area contributed by atoms with E-state index >= 15 is 0 Å². The normalized spacial score (nSPS) is 19.8. The molecule has 1 atom stereocenters. The van der Waals surface area contributed by atoms with E-state index in [0.717, 1.165) is 6.42 Å². The van der Waals surface area contributed by atoms with E-state index in [0.29, 0.717) is 13.0 Å². The molecule has 7 nitrogen and oxygen atoms in total. The number of nitrogens with one attached hydrogen (secondary N) is 3. The van der Waals surface area contributed by atoms with E-state index in [1.807, 2.05) is 0 Å². The van der Waals surface area contributed by atoms with Crippen LogP contribution in [-0.2, 0) is 14.8 Å². The van der Waals surface area contributed by atoms with Gasteiger partial charge in [-0.05, 0) is 25.0 Å². The van der Waals surface area contributed by atoms with Crippen LogP contribution in [0.1, 0.15) is 12.8 Å².